The number of carbonyl (C=O) groups excluding carboxylic acids is 2. The summed E-state index contributed by atoms with van der Waals surface area (Å²) in [5, 5.41) is 0. The predicted octanol–water partition coefficient (Wildman–Crippen LogP) is 3.90. The number of aryl methyl sites for hydroxylation is 1. The van der Waals surface area contributed by atoms with E-state index in [2.05, 4.69) is 4.98 Å². The highest BCUT2D eigenvalue weighted by molar-refractivity contribution is 5.97. The number of piperidine rings is 1. The summed E-state index contributed by atoms with van der Waals surface area (Å²) in [7, 11) is 0. The fourth-order valence-electron chi connectivity index (χ4n) is 4.59. The molecule has 0 saturated carbocycles. The van der Waals surface area contributed by atoms with Crippen molar-refractivity contribution in [3.63, 3.8) is 0 Å². The van der Waals surface area contributed by atoms with Gasteiger partial charge in [0.15, 0.2) is 5.58 Å². The number of aromatic nitrogens is 1. The Morgan fingerprint density at radius 1 is 0.970 bits per heavy atom. The van der Waals surface area contributed by atoms with Crippen molar-refractivity contribution in [3.8, 4) is 11.5 Å². The summed E-state index contributed by atoms with van der Waals surface area (Å²) < 4.78 is 11.2. The minimum Gasteiger partial charge on any atom is -0.436 e. The van der Waals surface area contributed by atoms with Crippen LogP contribution in [0.15, 0.2) is 46.9 Å². The van der Waals surface area contributed by atoms with E-state index in [1.54, 1.807) is 0 Å². The number of fused-ring (bicyclic) bond motifs is 1. The van der Waals surface area contributed by atoms with E-state index in [-0.39, 0.29) is 11.8 Å². The van der Waals surface area contributed by atoms with E-state index >= 15 is 0 Å². The molecule has 3 heterocycles. The molecule has 33 heavy (non-hydrogen) atoms. The molecule has 2 fully saturated rings. The number of morpholine rings is 1. The summed E-state index contributed by atoms with van der Waals surface area (Å²) in [5.41, 5.74) is 4.06. The second kappa shape index (κ2) is 9.35. The van der Waals surface area contributed by atoms with Crippen LogP contribution >= 0.6 is 0 Å². The Kier molecular flexibility index (Phi) is 6.13. The van der Waals surface area contributed by atoms with Gasteiger partial charge in [0.1, 0.15) is 5.52 Å². The third-order valence-corrected chi connectivity index (χ3v) is 6.66. The molecule has 2 saturated heterocycles. The smallest absolute Gasteiger partial charge is 0.253 e. The fraction of sp³-hybridized carbons (Fsp3) is 0.423. The van der Waals surface area contributed by atoms with E-state index in [9.17, 15) is 9.59 Å². The quantitative estimate of drug-likeness (QED) is 0.606. The highest BCUT2D eigenvalue weighted by Crippen LogP contribution is 2.27. The van der Waals surface area contributed by atoms with Gasteiger partial charge in [-0.3, -0.25) is 9.59 Å². The van der Waals surface area contributed by atoms with E-state index in [0.717, 1.165) is 18.4 Å². The first-order chi connectivity index (χ1) is 16.1. The lowest BCUT2D eigenvalue weighted by molar-refractivity contribution is -0.136. The van der Waals surface area contributed by atoms with Crippen molar-refractivity contribution in [1.29, 1.82) is 0 Å². The number of hydrogen-bond acceptors (Lipinski definition) is 5. The first kappa shape index (κ1) is 21.6. The van der Waals surface area contributed by atoms with Crippen LogP contribution in [0.5, 0.6) is 0 Å². The Labute approximate surface area is 193 Å². The van der Waals surface area contributed by atoms with Crippen molar-refractivity contribution in [2.24, 2.45) is 5.92 Å². The Bertz CT molecular complexity index is 1140. The summed E-state index contributed by atoms with van der Waals surface area (Å²) in [4.78, 5) is 34.0. The molecule has 2 aromatic carbocycles. The maximum Gasteiger partial charge on any atom is 0.253 e. The van der Waals surface area contributed by atoms with E-state index in [1.807, 2.05) is 59.2 Å². The molecule has 2 aliphatic heterocycles. The van der Waals surface area contributed by atoms with Crippen molar-refractivity contribution in [3.05, 3.63) is 53.6 Å². The molecule has 2 aliphatic rings. The number of likely N-dealkylation sites (tertiary alicyclic amines) is 1. The molecule has 0 atom stereocenters. The first-order valence-electron chi connectivity index (χ1n) is 11.7. The van der Waals surface area contributed by atoms with Crippen molar-refractivity contribution >= 4 is 22.9 Å². The van der Waals surface area contributed by atoms with Gasteiger partial charge in [-0.1, -0.05) is 17.7 Å². The van der Waals surface area contributed by atoms with Crippen molar-refractivity contribution in [2.45, 2.75) is 26.2 Å². The zero-order valence-electron chi connectivity index (χ0n) is 19.0. The molecule has 0 spiro atoms. The topological polar surface area (TPSA) is 75.9 Å². The molecule has 7 nitrogen and oxygen atoms in total. The minimum atomic E-state index is 0.00902. The van der Waals surface area contributed by atoms with Gasteiger partial charge in [0.05, 0.1) is 13.2 Å². The Hall–Kier alpha value is -3.19. The largest absolute Gasteiger partial charge is 0.436 e. The molecule has 172 valence electrons. The van der Waals surface area contributed by atoms with Gasteiger partial charge >= 0.3 is 0 Å². The number of hydrogen-bond donors (Lipinski definition) is 0. The third kappa shape index (κ3) is 4.78. The summed E-state index contributed by atoms with van der Waals surface area (Å²) in [6.07, 6.45) is 2.27. The SMILES string of the molecule is Cc1ccc(-c2nc3cc(C(=O)N4CCC(CC(=O)N5CCOCC5)CC4)ccc3o2)cc1. The van der Waals surface area contributed by atoms with Gasteiger partial charge in [-0.05, 0) is 56.0 Å². The van der Waals surface area contributed by atoms with E-state index in [4.69, 9.17) is 9.15 Å². The number of benzene rings is 2. The zero-order valence-corrected chi connectivity index (χ0v) is 19.0. The Balaban J connectivity index is 1.21. The monoisotopic (exact) mass is 447 g/mol. The van der Waals surface area contributed by atoms with Crippen LogP contribution in [0.4, 0.5) is 0 Å². The number of nitrogens with zero attached hydrogens (tertiary/aromatic N) is 3. The minimum absolute atomic E-state index is 0.00902. The molecule has 2 amide bonds. The van der Waals surface area contributed by atoms with Crippen LogP contribution in [-0.4, -0.2) is 66.0 Å². The highest BCUT2D eigenvalue weighted by atomic mass is 16.5. The maximum atomic E-state index is 13.1. The summed E-state index contributed by atoms with van der Waals surface area (Å²) in [6.45, 7) is 6.01. The second-order valence-electron chi connectivity index (χ2n) is 9.00. The number of oxazole rings is 1. The molecule has 0 N–H and O–H groups in total. The summed E-state index contributed by atoms with van der Waals surface area (Å²) in [6, 6.07) is 13.5. The molecule has 0 unspecified atom stereocenters. The molecular formula is C26H29N3O4. The van der Waals surface area contributed by atoms with E-state index in [0.29, 0.717) is 74.3 Å². The van der Waals surface area contributed by atoms with Gasteiger partial charge in [0.25, 0.3) is 5.91 Å². The molecule has 0 radical (unpaired) electrons. The molecule has 1 aromatic heterocycles. The van der Waals surface area contributed by atoms with Gasteiger partial charge in [-0.15, -0.1) is 0 Å². The van der Waals surface area contributed by atoms with Gasteiger partial charge in [0.2, 0.25) is 11.8 Å². The molecule has 0 bridgehead atoms. The zero-order chi connectivity index (χ0) is 22.8. The lowest BCUT2D eigenvalue weighted by Gasteiger charge is -2.33. The van der Waals surface area contributed by atoms with Crippen LogP contribution in [0.2, 0.25) is 0 Å². The van der Waals surface area contributed by atoms with Crippen LogP contribution in [0.1, 0.15) is 35.2 Å². The highest BCUT2D eigenvalue weighted by Gasteiger charge is 2.27. The average molecular weight is 448 g/mol. The lowest BCUT2D eigenvalue weighted by Crippen LogP contribution is -2.43. The van der Waals surface area contributed by atoms with Gasteiger partial charge in [-0.2, -0.15) is 0 Å². The molecule has 0 aliphatic carbocycles. The fourth-order valence-corrected chi connectivity index (χ4v) is 4.59. The van der Waals surface area contributed by atoms with E-state index < -0.39 is 0 Å². The van der Waals surface area contributed by atoms with Crippen LogP contribution in [0, 0.1) is 12.8 Å². The second-order valence-corrected chi connectivity index (χ2v) is 9.00. The van der Waals surface area contributed by atoms with Crippen molar-refractivity contribution < 1.29 is 18.7 Å². The number of rotatable bonds is 4. The first-order valence-corrected chi connectivity index (χ1v) is 11.7. The lowest BCUT2D eigenvalue weighted by atomic mass is 9.92. The normalized spacial score (nSPS) is 17.5. The van der Waals surface area contributed by atoms with Gasteiger partial charge in [-0.25, -0.2) is 4.98 Å². The average Bonchev–Trinajstić information content (AvgIpc) is 3.28. The van der Waals surface area contributed by atoms with Crippen LogP contribution in [0.25, 0.3) is 22.6 Å². The number of ether oxygens (including phenoxy) is 1. The predicted molar refractivity (Wildman–Crippen MR) is 125 cm³/mol. The molecule has 5 rings (SSSR count). The Morgan fingerprint density at radius 2 is 1.70 bits per heavy atom. The molecule has 3 aromatic rings. The summed E-state index contributed by atoms with van der Waals surface area (Å²) in [5.74, 6) is 1.11. The summed E-state index contributed by atoms with van der Waals surface area (Å²) >= 11 is 0. The van der Waals surface area contributed by atoms with Crippen LogP contribution in [0.3, 0.4) is 0 Å². The number of carbonyl (C=O) groups is 2. The molecular weight excluding hydrogens is 418 g/mol. The Morgan fingerprint density at radius 3 is 2.42 bits per heavy atom. The van der Waals surface area contributed by atoms with Crippen molar-refractivity contribution in [2.75, 3.05) is 39.4 Å². The van der Waals surface area contributed by atoms with Crippen LogP contribution < -0.4 is 0 Å². The number of amides is 2. The van der Waals surface area contributed by atoms with Gasteiger partial charge < -0.3 is 19.0 Å². The van der Waals surface area contributed by atoms with Gasteiger partial charge in [0, 0.05) is 43.7 Å². The maximum absolute atomic E-state index is 13.1. The standard InChI is InChI=1S/C26H29N3O4/c1-18-2-4-20(5-3-18)25-27-22-17-21(6-7-23(22)33-25)26(31)29-10-8-19(9-11-29)16-24(30)28-12-14-32-15-13-28/h2-7,17,19H,8-16H2,1H3. The third-order valence-electron chi connectivity index (χ3n) is 6.66. The van der Waals surface area contributed by atoms with Crippen LogP contribution in [-0.2, 0) is 9.53 Å². The molecule has 7 heteroatoms. The van der Waals surface area contributed by atoms with E-state index in [1.165, 1.54) is 5.56 Å². The van der Waals surface area contributed by atoms with Crippen molar-refractivity contribution in [1.82, 2.24) is 14.8 Å².